The number of hydrogen-bond acceptors (Lipinski definition) is 8. The largest absolute Gasteiger partial charge is 0.493 e. The van der Waals surface area contributed by atoms with Crippen molar-refractivity contribution in [3.05, 3.63) is 88.6 Å². The Hall–Kier alpha value is -4.67. The highest BCUT2D eigenvalue weighted by molar-refractivity contribution is 5.44. The third-order valence-electron chi connectivity index (χ3n) is 5.33. The average Bonchev–Trinajstić information content (AvgIpc) is 3.42. The molecule has 0 amide bonds. The van der Waals surface area contributed by atoms with Gasteiger partial charge in [-0.2, -0.15) is 9.67 Å². The van der Waals surface area contributed by atoms with Crippen molar-refractivity contribution in [1.82, 2.24) is 33.7 Å². The molecule has 0 spiro atoms. The van der Waals surface area contributed by atoms with Gasteiger partial charge in [-0.05, 0) is 29.8 Å². The molecule has 0 aliphatic heterocycles. The number of pyridine rings is 1. The van der Waals surface area contributed by atoms with Crippen LogP contribution in [0, 0.1) is 0 Å². The lowest BCUT2D eigenvalue weighted by Crippen LogP contribution is -2.22. The molecule has 0 saturated heterocycles. The molecule has 4 aromatic heterocycles. The number of methoxy groups -OCH3 is 2. The zero-order chi connectivity index (χ0) is 23.7. The van der Waals surface area contributed by atoms with Crippen molar-refractivity contribution >= 4 is 11.6 Å². The zero-order valence-corrected chi connectivity index (χ0v) is 18.6. The number of nitrogen functional groups attached to an aromatic ring is 1. The van der Waals surface area contributed by atoms with Gasteiger partial charge in [-0.3, -0.25) is 9.36 Å². The van der Waals surface area contributed by atoms with Gasteiger partial charge < -0.3 is 19.6 Å². The Morgan fingerprint density at radius 3 is 2.65 bits per heavy atom. The molecule has 1 aromatic carbocycles. The summed E-state index contributed by atoms with van der Waals surface area (Å²) in [7, 11) is 3.16. The van der Waals surface area contributed by atoms with Gasteiger partial charge in [0, 0.05) is 24.9 Å². The molecule has 172 valence electrons. The lowest BCUT2D eigenvalue weighted by Gasteiger charge is -2.10. The minimum Gasteiger partial charge on any atom is -0.493 e. The summed E-state index contributed by atoms with van der Waals surface area (Å²) in [6, 6.07) is 12.7. The van der Waals surface area contributed by atoms with E-state index in [4.69, 9.17) is 15.2 Å². The van der Waals surface area contributed by atoms with Gasteiger partial charge in [0.2, 0.25) is 5.95 Å². The Labute approximate surface area is 194 Å². The third-order valence-corrected chi connectivity index (χ3v) is 5.33. The molecule has 0 radical (unpaired) electrons. The second kappa shape index (κ2) is 8.70. The summed E-state index contributed by atoms with van der Waals surface area (Å²) in [5.41, 5.74) is 8.10. The zero-order valence-electron chi connectivity index (χ0n) is 18.6. The number of hydrogen-bond donors (Lipinski definition) is 1. The van der Waals surface area contributed by atoms with E-state index in [0.29, 0.717) is 36.1 Å². The van der Waals surface area contributed by atoms with Crippen LogP contribution in [0.25, 0.3) is 11.5 Å². The molecule has 0 aliphatic rings. The van der Waals surface area contributed by atoms with Crippen molar-refractivity contribution in [2.24, 2.45) is 0 Å². The highest BCUT2D eigenvalue weighted by Crippen LogP contribution is 2.28. The van der Waals surface area contributed by atoms with Gasteiger partial charge in [0.05, 0.1) is 26.5 Å². The van der Waals surface area contributed by atoms with E-state index in [1.54, 1.807) is 14.2 Å². The Morgan fingerprint density at radius 2 is 1.88 bits per heavy atom. The van der Waals surface area contributed by atoms with Crippen LogP contribution in [0.4, 0.5) is 5.95 Å². The molecular weight excluding hydrogens is 436 g/mol. The van der Waals surface area contributed by atoms with E-state index in [-0.39, 0.29) is 11.5 Å². The van der Waals surface area contributed by atoms with Crippen LogP contribution in [-0.2, 0) is 13.0 Å². The van der Waals surface area contributed by atoms with Crippen molar-refractivity contribution in [3.63, 3.8) is 0 Å². The summed E-state index contributed by atoms with van der Waals surface area (Å²) in [4.78, 5) is 26.1. The summed E-state index contributed by atoms with van der Waals surface area (Å²) < 4.78 is 15.5. The van der Waals surface area contributed by atoms with Crippen LogP contribution in [0.5, 0.6) is 11.5 Å². The second-order valence-electron chi connectivity index (χ2n) is 7.58. The minimum absolute atomic E-state index is 0.0890. The summed E-state index contributed by atoms with van der Waals surface area (Å²) in [5.74, 6) is 2.19. The molecule has 0 atom stereocenters. The minimum atomic E-state index is -0.242. The molecular formula is C23H22N8O3. The molecule has 11 nitrogen and oxygen atoms in total. The maximum atomic E-state index is 12.8. The number of aromatic nitrogens is 7. The fourth-order valence-electron chi connectivity index (χ4n) is 3.72. The topological polar surface area (TPSA) is 127 Å². The number of nitrogens with zero attached hydrogens (tertiary/aromatic N) is 7. The fraction of sp³-hybridized carbons (Fsp3) is 0.174. The number of ether oxygens (including phenoxy) is 2. The van der Waals surface area contributed by atoms with Crippen LogP contribution in [0.1, 0.15) is 17.1 Å². The molecule has 4 heterocycles. The Balaban J connectivity index is 1.42. The first-order chi connectivity index (χ1) is 16.5. The summed E-state index contributed by atoms with van der Waals surface area (Å²) >= 11 is 0. The predicted octanol–water partition coefficient (Wildman–Crippen LogP) is 1.71. The molecule has 5 rings (SSSR count). The van der Waals surface area contributed by atoms with Gasteiger partial charge >= 0.3 is 0 Å². The van der Waals surface area contributed by atoms with Crippen molar-refractivity contribution in [1.29, 1.82) is 0 Å². The third kappa shape index (κ3) is 4.06. The lowest BCUT2D eigenvalue weighted by atomic mass is 10.1. The van der Waals surface area contributed by atoms with Crippen molar-refractivity contribution in [2.75, 3.05) is 20.0 Å². The van der Waals surface area contributed by atoms with E-state index in [1.807, 2.05) is 53.2 Å². The van der Waals surface area contributed by atoms with Gasteiger partial charge in [-0.15, -0.1) is 5.10 Å². The SMILES string of the molecule is COc1ccc(Cc2nc(N)nn2-c2cc(=O)n(Cc3cn4ccccc4n3)cn2)cc1OC. The van der Waals surface area contributed by atoms with E-state index in [0.717, 1.165) is 16.9 Å². The highest BCUT2D eigenvalue weighted by Gasteiger charge is 2.15. The van der Waals surface area contributed by atoms with Crippen LogP contribution in [0.2, 0.25) is 0 Å². The quantitative estimate of drug-likeness (QED) is 0.390. The van der Waals surface area contributed by atoms with Crippen LogP contribution in [0.15, 0.2) is 66.0 Å². The molecule has 2 N–H and O–H groups in total. The van der Waals surface area contributed by atoms with Gasteiger partial charge in [0.1, 0.15) is 17.8 Å². The summed E-state index contributed by atoms with van der Waals surface area (Å²) in [6.07, 6.45) is 5.66. The average molecular weight is 458 g/mol. The number of rotatable bonds is 7. The first-order valence-electron chi connectivity index (χ1n) is 10.5. The van der Waals surface area contributed by atoms with Crippen molar-refractivity contribution in [3.8, 4) is 17.3 Å². The van der Waals surface area contributed by atoms with Crippen LogP contribution in [-0.4, -0.2) is 47.9 Å². The van der Waals surface area contributed by atoms with E-state index < -0.39 is 0 Å². The Bertz CT molecular complexity index is 1500. The van der Waals surface area contributed by atoms with Crippen molar-refractivity contribution in [2.45, 2.75) is 13.0 Å². The second-order valence-corrected chi connectivity index (χ2v) is 7.58. The Morgan fingerprint density at radius 1 is 1.03 bits per heavy atom. The standard InChI is InChI=1S/C23H22N8O3/c1-33-17-7-6-15(9-18(17)34-2)10-21-27-23(24)28-31(21)20-11-22(32)30(14-25-20)13-16-12-29-8-4-3-5-19(29)26-16/h3-9,11-12,14H,10,13H2,1-2H3,(H2,24,28). The molecule has 0 saturated carbocycles. The predicted molar refractivity (Wildman–Crippen MR) is 124 cm³/mol. The number of benzene rings is 1. The monoisotopic (exact) mass is 458 g/mol. The number of imidazole rings is 1. The van der Waals surface area contributed by atoms with Gasteiger partial charge in [0.25, 0.3) is 5.56 Å². The molecule has 0 aliphatic carbocycles. The first-order valence-corrected chi connectivity index (χ1v) is 10.5. The van der Waals surface area contributed by atoms with Crippen molar-refractivity contribution < 1.29 is 9.47 Å². The van der Waals surface area contributed by atoms with E-state index in [1.165, 1.54) is 21.6 Å². The van der Waals surface area contributed by atoms with Crippen LogP contribution in [0.3, 0.4) is 0 Å². The first kappa shape index (κ1) is 21.2. The number of fused-ring (bicyclic) bond motifs is 1. The van der Waals surface area contributed by atoms with Gasteiger partial charge in [0.15, 0.2) is 17.3 Å². The molecule has 0 bridgehead atoms. The van der Waals surface area contributed by atoms with E-state index >= 15 is 0 Å². The molecule has 34 heavy (non-hydrogen) atoms. The number of anilines is 1. The summed E-state index contributed by atoms with van der Waals surface area (Å²) in [5, 5.41) is 4.24. The van der Waals surface area contributed by atoms with Gasteiger partial charge in [-0.1, -0.05) is 12.1 Å². The molecule has 0 fully saturated rings. The van der Waals surface area contributed by atoms with Crippen LogP contribution < -0.4 is 20.8 Å². The maximum absolute atomic E-state index is 12.8. The number of nitrogens with two attached hydrogens (primary N) is 1. The Kier molecular flexibility index (Phi) is 5.42. The van der Waals surface area contributed by atoms with E-state index in [2.05, 4.69) is 20.1 Å². The summed E-state index contributed by atoms with van der Waals surface area (Å²) in [6.45, 7) is 0.297. The smallest absolute Gasteiger partial charge is 0.255 e. The molecule has 0 unspecified atom stereocenters. The van der Waals surface area contributed by atoms with Gasteiger partial charge in [-0.25, -0.2) is 9.97 Å². The normalized spacial score (nSPS) is 11.1. The maximum Gasteiger partial charge on any atom is 0.255 e. The molecule has 5 aromatic rings. The lowest BCUT2D eigenvalue weighted by molar-refractivity contribution is 0.354. The fourth-order valence-corrected chi connectivity index (χ4v) is 3.72. The highest BCUT2D eigenvalue weighted by atomic mass is 16.5. The van der Waals surface area contributed by atoms with Crippen LogP contribution >= 0.6 is 0 Å². The molecule has 11 heteroatoms. The van der Waals surface area contributed by atoms with E-state index in [9.17, 15) is 4.79 Å².